The van der Waals surface area contributed by atoms with Crippen LogP contribution in [0.2, 0.25) is 0 Å². The van der Waals surface area contributed by atoms with E-state index in [1.54, 1.807) is 6.92 Å². The second-order valence-electron chi connectivity index (χ2n) is 5.03. The Morgan fingerprint density at radius 2 is 1.95 bits per heavy atom. The van der Waals surface area contributed by atoms with E-state index < -0.39 is 30.6 Å². The lowest BCUT2D eigenvalue weighted by Crippen LogP contribution is -2.52. The van der Waals surface area contributed by atoms with Crippen molar-refractivity contribution in [3.05, 3.63) is 24.0 Å². The first-order chi connectivity index (χ1) is 9.64. The Morgan fingerprint density at radius 3 is 2.52 bits per heavy atom. The lowest BCUT2D eigenvalue weighted by Gasteiger charge is -2.32. The fourth-order valence-corrected chi connectivity index (χ4v) is 4.66. The van der Waals surface area contributed by atoms with Crippen LogP contribution in [0.1, 0.15) is 6.92 Å². The Labute approximate surface area is 123 Å². The summed E-state index contributed by atoms with van der Waals surface area (Å²) in [7, 11) is -7.68. The molecule has 0 aromatic heterocycles. The highest BCUT2D eigenvalue weighted by molar-refractivity contribution is 7.91. The molecule has 1 aromatic carbocycles. The van der Waals surface area contributed by atoms with Crippen molar-refractivity contribution in [1.29, 1.82) is 0 Å². The summed E-state index contributed by atoms with van der Waals surface area (Å²) in [4.78, 5) is -0.815. The molecule has 9 heteroatoms. The molecular formula is C12H17FN2O4S2. The number of benzene rings is 1. The minimum absolute atomic E-state index is 0.214. The molecule has 1 N–H and O–H groups in total. The molecule has 0 amide bonds. The van der Waals surface area contributed by atoms with Gasteiger partial charge >= 0.3 is 0 Å². The van der Waals surface area contributed by atoms with E-state index in [4.69, 9.17) is 0 Å². The van der Waals surface area contributed by atoms with E-state index in [1.807, 2.05) is 0 Å². The molecule has 0 bridgehead atoms. The van der Waals surface area contributed by atoms with Crippen LogP contribution in [-0.2, 0) is 19.9 Å². The summed E-state index contributed by atoms with van der Waals surface area (Å²) >= 11 is 0. The molecule has 0 spiro atoms. The molecule has 1 fully saturated rings. The number of nitrogens with zero attached hydrogens (tertiary/aromatic N) is 1. The summed E-state index contributed by atoms with van der Waals surface area (Å²) in [6, 6.07) is 2.49. The van der Waals surface area contributed by atoms with E-state index in [-0.39, 0.29) is 17.5 Å². The van der Waals surface area contributed by atoms with Crippen LogP contribution < -0.4 is 5.32 Å². The highest BCUT2D eigenvalue weighted by atomic mass is 32.2. The van der Waals surface area contributed by atoms with Gasteiger partial charge in [0.15, 0.2) is 9.84 Å². The molecule has 118 valence electrons. The first-order valence-corrected chi connectivity index (χ1v) is 9.69. The van der Waals surface area contributed by atoms with Gasteiger partial charge < -0.3 is 5.32 Å². The van der Waals surface area contributed by atoms with E-state index in [2.05, 4.69) is 5.32 Å². The van der Waals surface area contributed by atoms with Crippen molar-refractivity contribution >= 4 is 19.9 Å². The van der Waals surface area contributed by atoms with E-state index in [1.165, 1.54) is 4.31 Å². The van der Waals surface area contributed by atoms with Gasteiger partial charge in [0.05, 0.1) is 4.90 Å². The van der Waals surface area contributed by atoms with Crippen molar-refractivity contribution in [2.75, 3.05) is 25.9 Å². The monoisotopic (exact) mass is 336 g/mol. The number of piperazine rings is 1. The third kappa shape index (κ3) is 3.25. The number of sulfone groups is 1. The van der Waals surface area contributed by atoms with Gasteiger partial charge in [0.2, 0.25) is 10.0 Å². The number of sulfonamides is 1. The quantitative estimate of drug-likeness (QED) is 0.798. The minimum atomic E-state index is -4.07. The highest BCUT2D eigenvalue weighted by Crippen LogP contribution is 2.24. The van der Waals surface area contributed by atoms with Crippen LogP contribution in [0.3, 0.4) is 0 Å². The molecule has 6 nitrogen and oxygen atoms in total. The Morgan fingerprint density at radius 1 is 1.29 bits per heavy atom. The van der Waals surface area contributed by atoms with Crippen molar-refractivity contribution in [2.45, 2.75) is 22.8 Å². The molecule has 1 aliphatic rings. The fourth-order valence-electron chi connectivity index (χ4n) is 2.22. The fraction of sp³-hybridized carbons (Fsp3) is 0.500. The van der Waals surface area contributed by atoms with Gasteiger partial charge in [0, 0.05) is 31.9 Å². The number of nitrogens with one attached hydrogen (secondary N) is 1. The Hall–Kier alpha value is -1.03. The maximum absolute atomic E-state index is 13.9. The predicted molar refractivity (Wildman–Crippen MR) is 75.7 cm³/mol. The average molecular weight is 336 g/mol. The van der Waals surface area contributed by atoms with Crippen molar-refractivity contribution < 1.29 is 21.2 Å². The Bertz CT molecular complexity index is 747. The first kappa shape index (κ1) is 16.3. The number of rotatable bonds is 3. The van der Waals surface area contributed by atoms with Crippen LogP contribution in [0, 0.1) is 5.82 Å². The van der Waals surface area contributed by atoms with Gasteiger partial charge in [-0.15, -0.1) is 0 Å². The van der Waals surface area contributed by atoms with Gasteiger partial charge in [0.25, 0.3) is 0 Å². The molecule has 1 saturated heterocycles. The van der Waals surface area contributed by atoms with E-state index in [0.29, 0.717) is 13.1 Å². The molecule has 1 aliphatic heterocycles. The third-order valence-electron chi connectivity index (χ3n) is 3.36. The molecule has 0 unspecified atom stereocenters. The normalized spacial score (nSPS) is 21.4. The molecule has 1 atom stereocenters. The zero-order valence-electron chi connectivity index (χ0n) is 11.7. The summed E-state index contributed by atoms with van der Waals surface area (Å²) in [6.07, 6.45) is 0.948. The predicted octanol–water partition coefficient (Wildman–Crippen LogP) is 0.212. The van der Waals surface area contributed by atoms with Gasteiger partial charge in [-0.3, -0.25) is 0 Å². The number of halogens is 1. The van der Waals surface area contributed by atoms with Gasteiger partial charge in [-0.25, -0.2) is 21.2 Å². The van der Waals surface area contributed by atoms with Crippen LogP contribution in [0.15, 0.2) is 28.0 Å². The van der Waals surface area contributed by atoms with E-state index in [9.17, 15) is 21.2 Å². The summed E-state index contributed by atoms with van der Waals surface area (Å²) < 4.78 is 63.3. The first-order valence-electron chi connectivity index (χ1n) is 6.36. The number of hydrogen-bond donors (Lipinski definition) is 1. The van der Waals surface area contributed by atoms with E-state index in [0.717, 1.165) is 24.5 Å². The van der Waals surface area contributed by atoms with Crippen molar-refractivity contribution in [3.63, 3.8) is 0 Å². The van der Waals surface area contributed by atoms with E-state index >= 15 is 0 Å². The SMILES string of the molecule is C[C@H]1CNCCN1S(=O)(=O)c1cc(S(C)(=O)=O)ccc1F. The molecule has 1 aromatic rings. The van der Waals surface area contributed by atoms with Crippen LogP contribution in [0.25, 0.3) is 0 Å². The standard InChI is InChI=1S/C12H17FN2O4S2/c1-9-8-14-5-6-15(9)21(18,19)12-7-10(20(2,16)17)3-4-11(12)13/h3-4,7,9,14H,5-6,8H2,1-2H3/t9-/m0/s1. The number of hydrogen-bond acceptors (Lipinski definition) is 5. The van der Waals surface area contributed by atoms with Crippen LogP contribution >= 0.6 is 0 Å². The molecule has 0 aliphatic carbocycles. The maximum atomic E-state index is 13.9. The largest absolute Gasteiger partial charge is 0.314 e. The lowest BCUT2D eigenvalue weighted by molar-refractivity contribution is 0.283. The summed E-state index contributed by atoms with van der Waals surface area (Å²) in [5.74, 6) is -0.951. The Kier molecular flexibility index (Phi) is 4.39. The van der Waals surface area contributed by atoms with Gasteiger partial charge in [-0.1, -0.05) is 0 Å². The zero-order valence-corrected chi connectivity index (χ0v) is 13.3. The van der Waals surface area contributed by atoms with Gasteiger partial charge in [0.1, 0.15) is 10.7 Å². The Balaban J connectivity index is 2.54. The molecule has 0 saturated carbocycles. The maximum Gasteiger partial charge on any atom is 0.246 e. The van der Waals surface area contributed by atoms with Crippen molar-refractivity contribution in [3.8, 4) is 0 Å². The molecule has 21 heavy (non-hydrogen) atoms. The van der Waals surface area contributed by atoms with Crippen molar-refractivity contribution in [1.82, 2.24) is 9.62 Å². The summed E-state index contributed by atoms with van der Waals surface area (Å²) in [5, 5.41) is 3.04. The third-order valence-corrected chi connectivity index (χ3v) is 6.50. The molecule has 0 radical (unpaired) electrons. The topological polar surface area (TPSA) is 83.6 Å². The smallest absolute Gasteiger partial charge is 0.246 e. The molecule has 1 heterocycles. The van der Waals surface area contributed by atoms with Crippen molar-refractivity contribution in [2.24, 2.45) is 0 Å². The van der Waals surface area contributed by atoms with Crippen LogP contribution in [0.5, 0.6) is 0 Å². The second kappa shape index (κ2) is 5.64. The van der Waals surface area contributed by atoms with Gasteiger partial charge in [-0.2, -0.15) is 4.31 Å². The van der Waals surface area contributed by atoms with Crippen LogP contribution in [-0.4, -0.2) is 53.1 Å². The highest BCUT2D eigenvalue weighted by Gasteiger charge is 2.33. The second-order valence-corrected chi connectivity index (χ2v) is 8.91. The lowest BCUT2D eigenvalue weighted by atomic mass is 10.3. The average Bonchev–Trinajstić information content (AvgIpc) is 2.37. The molecular weight excluding hydrogens is 319 g/mol. The summed E-state index contributed by atoms with van der Waals surface area (Å²) in [6.45, 7) is 2.86. The zero-order chi connectivity index (χ0) is 15.8. The summed E-state index contributed by atoms with van der Waals surface area (Å²) in [5.41, 5.74) is 0. The van der Waals surface area contributed by atoms with Crippen LogP contribution in [0.4, 0.5) is 4.39 Å². The molecule has 2 rings (SSSR count). The van der Waals surface area contributed by atoms with Gasteiger partial charge in [-0.05, 0) is 25.1 Å². The minimum Gasteiger partial charge on any atom is -0.314 e.